The van der Waals surface area contributed by atoms with Crippen LogP contribution in [0.25, 0.3) is 0 Å². The maximum absolute atomic E-state index is 5.77. The summed E-state index contributed by atoms with van der Waals surface area (Å²) >= 11 is 0. The zero-order valence-electron chi connectivity index (χ0n) is 11.5. The molecule has 3 unspecified atom stereocenters. The number of rotatable bonds is 6. The predicted octanol–water partition coefficient (Wildman–Crippen LogP) is 3.36. The molecule has 0 spiro atoms. The first-order chi connectivity index (χ1) is 7.61. The van der Waals surface area contributed by atoms with E-state index < -0.39 is 0 Å². The molecule has 96 valence electrons. The molecule has 2 heteroatoms. The van der Waals surface area contributed by atoms with Gasteiger partial charge in [0.25, 0.3) is 0 Å². The Kier molecular flexibility index (Phi) is 6.37. The molecule has 0 amide bonds. The topological polar surface area (TPSA) is 21.3 Å². The first kappa shape index (κ1) is 14.0. The van der Waals surface area contributed by atoms with Gasteiger partial charge in [0.15, 0.2) is 0 Å². The maximum Gasteiger partial charge on any atom is 0.0589 e. The lowest BCUT2D eigenvalue weighted by molar-refractivity contribution is -0.00500. The van der Waals surface area contributed by atoms with Crippen LogP contribution in [0.3, 0.4) is 0 Å². The van der Waals surface area contributed by atoms with Crippen molar-refractivity contribution in [3.8, 4) is 0 Å². The molecule has 16 heavy (non-hydrogen) atoms. The molecular formula is C14H29NO. The van der Waals surface area contributed by atoms with Gasteiger partial charge in [-0.2, -0.15) is 0 Å². The molecule has 0 aromatic heterocycles. The lowest BCUT2D eigenvalue weighted by atomic mass is 9.97. The van der Waals surface area contributed by atoms with E-state index in [9.17, 15) is 0 Å². The van der Waals surface area contributed by atoms with Crippen LogP contribution < -0.4 is 5.32 Å². The molecule has 1 N–H and O–H groups in total. The average Bonchev–Trinajstić information content (AvgIpc) is 2.17. The molecule has 0 aliphatic carbocycles. The van der Waals surface area contributed by atoms with E-state index in [0.29, 0.717) is 18.2 Å². The fourth-order valence-corrected chi connectivity index (χ4v) is 2.73. The van der Waals surface area contributed by atoms with Gasteiger partial charge in [-0.25, -0.2) is 0 Å². The Balaban J connectivity index is 2.25. The van der Waals surface area contributed by atoms with Crippen molar-refractivity contribution in [3.63, 3.8) is 0 Å². The summed E-state index contributed by atoms with van der Waals surface area (Å²) in [6.07, 6.45) is 6.62. The van der Waals surface area contributed by atoms with Crippen LogP contribution >= 0.6 is 0 Å². The summed E-state index contributed by atoms with van der Waals surface area (Å²) in [5.74, 6) is 0.786. The second-order valence-corrected chi connectivity index (χ2v) is 5.70. The summed E-state index contributed by atoms with van der Waals surface area (Å²) in [5, 5.41) is 3.76. The minimum atomic E-state index is 0.502. The van der Waals surface area contributed by atoms with Crippen molar-refractivity contribution in [2.45, 2.75) is 78.0 Å². The largest absolute Gasteiger partial charge is 0.378 e. The first-order valence-corrected chi connectivity index (χ1v) is 6.99. The lowest BCUT2D eigenvalue weighted by Crippen LogP contribution is -2.43. The molecule has 1 rings (SSSR count). The molecule has 3 atom stereocenters. The fraction of sp³-hybridized carbons (Fsp3) is 1.00. The maximum atomic E-state index is 5.77. The second kappa shape index (κ2) is 7.29. The van der Waals surface area contributed by atoms with E-state index >= 15 is 0 Å². The molecule has 1 heterocycles. The molecule has 0 aromatic carbocycles. The van der Waals surface area contributed by atoms with Crippen molar-refractivity contribution in [1.29, 1.82) is 0 Å². The molecule has 0 aromatic rings. The number of nitrogens with one attached hydrogen (secondary N) is 1. The van der Waals surface area contributed by atoms with Crippen molar-refractivity contribution in [3.05, 3.63) is 0 Å². The Morgan fingerprint density at radius 2 is 2.06 bits per heavy atom. The van der Waals surface area contributed by atoms with Crippen LogP contribution in [0.1, 0.15) is 59.8 Å². The Labute approximate surface area is 101 Å². The Morgan fingerprint density at radius 1 is 1.31 bits per heavy atom. The average molecular weight is 227 g/mol. The first-order valence-electron chi connectivity index (χ1n) is 6.99. The SMILES string of the molecule is CCCC1CC(NC(C)CC(C)C)CCO1. The minimum Gasteiger partial charge on any atom is -0.378 e. The van der Waals surface area contributed by atoms with Crippen LogP contribution in [0.15, 0.2) is 0 Å². The lowest BCUT2D eigenvalue weighted by Gasteiger charge is -2.32. The summed E-state index contributed by atoms with van der Waals surface area (Å²) in [6.45, 7) is 10.1. The summed E-state index contributed by atoms with van der Waals surface area (Å²) in [5.41, 5.74) is 0. The van der Waals surface area contributed by atoms with E-state index in [1.54, 1.807) is 0 Å². The van der Waals surface area contributed by atoms with Crippen LogP contribution in [0.4, 0.5) is 0 Å². The molecule has 0 bridgehead atoms. The number of hydrogen-bond acceptors (Lipinski definition) is 2. The molecule has 1 aliphatic rings. The van der Waals surface area contributed by atoms with Crippen LogP contribution in [0.2, 0.25) is 0 Å². The highest BCUT2D eigenvalue weighted by Crippen LogP contribution is 2.19. The van der Waals surface area contributed by atoms with Crippen LogP contribution in [-0.4, -0.2) is 24.8 Å². The van der Waals surface area contributed by atoms with Gasteiger partial charge in [-0.15, -0.1) is 0 Å². The van der Waals surface area contributed by atoms with Crippen molar-refractivity contribution in [1.82, 2.24) is 5.32 Å². The molecular weight excluding hydrogens is 198 g/mol. The van der Waals surface area contributed by atoms with Gasteiger partial charge < -0.3 is 10.1 Å². The van der Waals surface area contributed by atoms with E-state index in [4.69, 9.17) is 4.74 Å². The molecule has 2 nitrogen and oxygen atoms in total. The van der Waals surface area contributed by atoms with E-state index in [1.165, 1.54) is 32.1 Å². The minimum absolute atomic E-state index is 0.502. The molecule has 1 fully saturated rings. The van der Waals surface area contributed by atoms with Crippen LogP contribution in [0, 0.1) is 5.92 Å². The smallest absolute Gasteiger partial charge is 0.0589 e. The van der Waals surface area contributed by atoms with Gasteiger partial charge in [0.05, 0.1) is 6.10 Å². The van der Waals surface area contributed by atoms with Gasteiger partial charge in [0.1, 0.15) is 0 Å². The highest BCUT2D eigenvalue weighted by atomic mass is 16.5. The van der Waals surface area contributed by atoms with E-state index in [-0.39, 0.29) is 0 Å². The van der Waals surface area contributed by atoms with E-state index in [0.717, 1.165) is 12.5 Å². The van der Waals surface area contributed by atoms with E-state index in [1.807, 2.05) is 0 Å². The van der Waals surface area contributed by atoms with Gasteiger partial charge in [0.2, 0.25) is 0 Å². The monoisotopic (exact) mass is 227 g/mol. The fourth-order valence-electron chi connectivity index (χ4n) is 2.73. The third kappa shape index (κ3) is 5.31. The molecule has 1 saturated heterocycles. The van der Waals surface area contributed by atoms with Crippen molar-refractivity contribution < 1.29 is 4.74 Å². The van der Waals surface area contributed by atoms with Gasteiger partial charge in [-0.3, -0.25) is 0 Å². The Hall–Kier alpha value is -0.0800. The highest BCUT2D eigenvalue weighted by molar-refractivity contribution is 4.79. The molecule has 0 saturated carbocycles. The van der Waals surface area contributed by atoms with Gasteiger partial charge >= 0.3 is 0 Å². The zero-order chi connectivity index (χ0) is 12.0. The predicted molar refractivity (Wildman–Crippen MR) is 69.7 cm³/mol. The third-order valence-electron chi connectivity index (χ3n) is 3.32. The number of hydrogen-bond donors (Lipinski definition) is 1. The van der Waals surface area contributed by atoms with E-state index in [2.05, 4.69) is 33.0 Å². The normalized spacial score (nSPS) is 28.3. The van der Waals surface area contributed by atoms with Gasteiger partial charge in [0, 0.05) is 18.7 Å². The highest BCUT2D eigenvalue weighted by Gasteiger charge is 2.22. The summed E-state index contributed by atoms with van der Waals surface area (Å²) < 4.78 is 5.77. The standard InChI is InChI=1S/C14H29NO/c1-5-6-14-10-13(7-8-16-14)15-12(4)9-11(2)3/h11-15H,5-10H2,1-4H3. The second-order valence-electron chi connectivity index (χ2n) is 5.70. The molecule has 0 radical (unpaired) electrons. The zero-order valence-corrected chi connectivity index (χ0v) is 11.5. The molecule has 1 aliphatic heterocycles. The van der Waals surface area contributed by atoms with Gasteiger partial charge in [-0.05, 0) is 38.5 Å². The van der Waals surface area contributed by atoms with Crippen molar-refractivity contribution in [2.75, 3.05) is 6.61 Å². The quantitative estimate of drug-likeness (QED) is 0.751. The summed E-state index contributed by atoms with van der Waals surface area (Å²) in [4.78, 5) is 0. The third-order valence-corrected chi connectivity index (χ3v) is 3.32. The number of ether oxygens (including phenoxy) is 1. The Morgan fingerprint density at radius 3 is 2.69 bits per heavy atom. The van der Waals surface area contributed by atoms with Gasteiger partial charge in [-0.1, -0.05) is 27.2 Å². The van der Waals surface area contributed by atoms with Crippen molar-refractivity contribution >= 4 is 0 Å². The Bertz CT molecular complexity index is 180. The van der Waals surface area contributed by atoms with Crippen LogP contribution in [0.5, 0.6) is 0 Å². The summed E-state index contributed by atoms with van der Waals surface area (Å²) in [7, 11) is 0. The summed E-state index contributed by atoms with van der Waals surface area (Å²) in [6, 6.07) is 1.32. The van der Waals surface area contributed by atoms with Crippen LogP contribution in [-0.2, 0) is 4.74 Å². The van der Waals surface area contributed by atoms with Crippen molar-refractivity contribution in [2.24, 2.45) is 5.92 Å².